The third-order valence-corrected chi connectivity index (χ3v) is 8.44. The predicted octanol–water partition coefficient (Wildman–Crippen LogP) is 14.2. The summed E-state index contributed by atoms with van der Waals surface area (Å²) in [4.78, 5) is 37.6. The van der Waals surface area contributed by atoms with Crippen LogP contribution in [-0.4, -0.2) is 37.2 Å². The van der Waals surface area contributed by atoms with Gasteiger partial charge in [0.15, 0.2) is 6.10 Å². The smallest absolute Gasteiger partial charge is 0.306 e. The van der Waals surface area contributed by atoms with Crippen LogP contribution in [0.1, 0.15) is 162 Å². The number of hydrogen-bond acceptors (Lipinski definition) is 6. The van der Waals surface area contributed by atoms with E-state index in [0.29, 0.717) is 19.3 Å². The summed E-state index contributed by atoms with van der Waals surface area (Å²) in [5.41, 5.74) is 0. The van der Waals surface area contributed by atoms with Gasteiger partial charge in [0, 0.05) is 19.3 Å². The lowest BCUT2D eigenvalue weighted by Crippen LogP contribution is -2.30. The van der Waals surface area contributed by atoms with Crippen LogP contribution < -0.4 is 0 Å². The predicted molar refractivity (Wildman–Crippen MR) is 242 cm³/mol. The van der Waals surface area contributed by atoms with Gasteiger partial charge in [-0.3, -0.25) is 14.4 Å². The van der Waals surface area contributed by atoms with Crippen LogP contribution in [0.4, 0.5) is 0 Å². The first-order valence-electron chi connectivity index (χ1n) is 22.0. The van der Waals surface area contributed by atoms with E-state index in [1.54, 1.807) is 0 Å². The van der Waals surface area contributed by atoms with Crippen LogP contribution >= 0.6 is 0 Å². The fraction of sp³-hybridized carbons (Fsp3) is 0.549. The number of hydrogen-bond donors (Lipinski definition) is 0. The number of carbonyl (C=O) groups excluding carboxylic acids is 3. The number of ether oxygens (including phenoxy) is 3. The average molecular weight is 787 g/mol. The molecular weight excluding hydrogens is 709 g/mol. The second-order valence-corrected chi connectivity index (χ2v) is 13.8. The molecule has 0 aliphatic carbocycles. The molecule has 6 nitrogen and oxygen atoms in total. The summed E-state index contributed by atoms with van der Waals surface area (Å²) in [6.07, 6.45) is 60.7. The van der Waals surface area contributed by atoms with E-state index in [9.17, 15) is 14.4 Å². The lowest BCUT2D eigenvalue weighted by Gasteiger charge is -2.18. The summed E-state index contributed by atoms with van der Waals surface area (Å²) in [6, 6.07) is 0. The molecule has 0 aromatic heterocycles. The molecule has 0 N–H and O–H groups in total. The van der Waals surface area contributed by atoms with Crippen molar-refractivity contribution in [2.24, 2.45) is 0 Å². The Bertz CT molecular complexity index is 1270. The summed E-state index contributed by atoms with van der Waals surface area (Å²) in [5, 5.41) is 0. The van der Waals surface area contributed by atoms with Gasteiger partial charge in [0.1, 0.15) is 13.2 Å². The normalized spacial score (nSPS) is 13.2. The van der Waals surface area contributed by atoms with Crippen molar-refractivity contribution in [3.05, 3.63) is 122 Å². The monoisotopic (exact) mass is 787 g/mol. The summed E-state index contributed by atoms with van der Waals surface area (Å²) in [6.45, 7) is 6.18. The van der Waals surface area contributed by atoms with Crippen LogP contribution in [0.15, 0.2) is 122 Å². The van der Waals surface area contributed by atoms with Gasteiger partial charge in [-0.25, -0.2) is 0 Å². The van der Waals surface area contributed by atoms with E-state index in [0.717, 1.165) is 77.0 Å². The van der Waals surface area contributed by atoms with E-state index in [-0.39, 0.29) is 44.4 Å². The lowest BCUT2D eigenvalue weighted by molar-refractivity contribution is -0.166. The second kappa shape index (κ2) is 44.5. The van der Waals surface area contributed by atoms with Crippen LogP contribution in [0.3, 0.4) is 0 Å². The molecule has 0 spiro atoms. The van der Waals surface area contributed by atoms with E-state index in [1.165, 1.54) is 25.7 Å². The zero-order valence-electron chi connectivity index (χ0n) is 36.0. The molecule has 0 saturated heterocycles. The Morgan fingerprint density at radius 1 is 0.368 bits per heavy atom. The Labute approximate surface area is 348 Å². The highest BCUT2D eigenvalue weighted by molar-refractivity contribution is 5.71. The number of unbranched alkanes of at least 4 members (excludes halogenated alkanes) is 6. The third-order valence-electron chi connectivity index (χ3n) is 8.44. The van der Waals surface area contributed by atoms with Gasteiger partial charge in [0.05, 0.1) is 0 Å². The van der Waals surface area contributed by atoms with Crippen molar-refractivity contribution in [3.8, 4) is 0 Å². The minimum atomic E-state index is -0.846. The topological polar surface area (TPSA) is 78.9 Å². The molecule has 1 unspecified atom stereocenters. The molecule has 0 aromatic carbocycles. The Morgan fingerprint density at radius 2 is 0.719 bits per heavy atom. The van der Waals surface area contributed by atoms with Crippen molar-refractivity contribution in [2.45, 2.75) is 168 Å². The maximum absolute atomic E-state index is 12.6. The molecule has 0 saturated carbocycles. The first-order valence-corrected chi connectivity index (χ1v) is 22.0. The second-order valence-electron chi connectivity index (χ2n) is 13.8. The fourth-order valence-electron chi connectivity index (χ4n) is 5.20. The zero-order chi connectivity index (χ0) is 41.5. The molecule has 0 aliphatic rings. The number of allylic oxidation sites excluding steroid dienone is 20. The van der Waals surface area contributed by atoms with E-state index in [1.807, 2.05) is 12.2 Å². The van der Waals surface area contributed by atoms with Gasteiger partial charge >= 0.3 is 17.9 Å². The molecule has 57 heavy (non-hydrogen) atoms. The van der Waals surface area contributed by atoms with Crippen molar-refractivity contribution < 1.29 is 28.6 Å². The number of esters is 3. The van der Waals surface area contributed by atoms with Gasteiger partial charge in [-0.2, -0.15) is 0 Å². The SMILES string of the molecule is CC/C=C\C/C=C\C/C=C\C/C=C\C/C=C\C/C=C\CCC(=O)OCC(COC(=O)CCC/C=C\CCCCCC)OC(=O)CCC/C=C\C/C=C\C/C=C\CC. The van der Waals surface area contributed by atoms with Gasteiger partial charge in [0.2, 0.25) is 0 Å². The highest BCUT2D eigenvalue weighted by Gasteiger charge is 2.19. The van der Waals surface area contributed by atoms with Crippen LogP contribution in [0.2, 0.25) is 0 Å². The van der Waals surface area contributed by atoms with Gasteiger partial charge in [-0.15, -0.1) is 0 Å². The van der Waals surface area contributed by atoms with Crippen molar-refractivity contribution >= 4 is 17.9 Å². The summed E-state index contributed by atoms with van der Waals surface area (Å²) in [5.74, 6) is -1.13. The highest BCUT2D eigenvalue weighted by atomic mass is 16.6. The maximum Gasteiger partial charge on any atom is 0.306 e. The third kappa shape index (κ3) is 42.8. The van der Waals surface area contributed by atoms with Crippen LogP contribution in [-0.2, 0) is 28.6 Å². The molecule has 1 atom stereocenters. The number of carbonyl (C=O) groups is 3. The lowest BCUT2D eigenvalue weighted by atomic mass is 10.1. The largest absolute Gasteiger partial charge is 0.462 e. The maximum atomic E-state index is 12.6. The summed E-state index contributed by atoms with van der Waals surface area (Å²) in [7, 11) is 0. The molecule has 0 rings (SSSR count). The molecule has 0 fully saturated rings. The van der Waals surface area contributed by atoms with Crippen LogP contribution in [0, 0.1) is 0 Å². The van der Waals surface area contributed by atoms with Crippen LogP contribution in [0.5, 0.6) is 0 Å². The molecule has 0 aromatic rings. The van der Waals surface area contributed by atoms with Gasteiger partial charge < -0.3 is 14.2 Å². The van der Waals surface area contributed by atoms with E-state index >= 15 is 0 Å². The zero-order valence-corrected chi connectivity index (χ0v) is 36.0. The summed E-state index contributed by atoms with van der Waals surface area (Å²) >= 11 is 0. The van der Waals surface area contributed by atoms with Crippen molar-refractivity contribution in [1.82, 2.24) is 0 Å². The Hall–Kier alpha value is -4.19. The Balaban J connectivity index is 4.57. The average Bonchev–Trinajstić information content (AvgIpc) is 3.21. The van der Waals surface area contributed by atoms with Gasteiger partial charge in [0.25, 0.3) is 0 Å². The van der Waals surface area contributed by atoms with Crippen molar-refractivity contribution in [1.29, 1.82) is 0 Å². The molecule has 6 heteroatoms. The van der Waals surface area contributed by atoms with E-state index in [2.05, 4.69) is 130 Å². The molecule has 0 radical (unpaired) electrons. The minimum Gasteiger partial charge on any atom is -0.462 e. The standard InChI is InChI=1S/C51H78O6/c1-4-7-10-13-16-19-21-22-23-24-25-26-27-28-30-32-35-38-41-44-50(53)56-47-48(46-55-49(52)43-40-37-34-31-18-15-12-9-6-3)57-51(54)45-42-39-36-33-29-20-17-14-11-8-5-2/h7-8,10-11,16-17,19-20,22-23,25-26,28,30-31,33-36,38,48H,4-6,9,12-15,18,21,24,27,29,32,37,39-47H2,1-3H3/b10-7-,11-8-,19-16-,20-17-,23-22-,26-25-,30-28-,34-31-,36-33-,38-35-. The molecule has 0 bridgehead atoms. The van der Waals surface area contributed by atoms with Crippen molar-refractivity contribution in [2.75, 3.05) is 13.2 Å². The summed E-state index contributed by atoms with van der Waals surface area (Å²) < 4.78 is 16.5. The molecule has 0 aliphatic heterocycles. The Morgan fingerprint density at radius 3 is 1.16 bits per heavy atom. The van der Waals surface area contributed by atoms with Gasteiger partial charge in [-0.1, -0.05) is 162 Å². The van der Waals surface area contributed by atoms with Gasteiger partial charge in [-0.05, 0) is 103 Å². The highest BCUT2D eigenvalue weighted by Crippen LogP contribution is 2.08. The fourth-order valence-corrected chi connectivity index (χ4v) is 5.20. The van der Waals surface area contributed by atoms with Crippen molar-refractivity contribution in [3.63, 3.8) is 0 Å². The first-order chi connectivity index (χ1) is 28.0. The van der Waals surface area contributed by atoms with E-state index < -0.39 is 12.1 Å². The quantitative estimate of drug-likeness (QED) is 0.0270. The Kier molecular flexibility index (Phi) is 41.3. The first kappa shape index (κ1) is 52.8. The van der Waals surface area contributed by atoms with E-state index in [4.69, 9.17) is 14.2 Å². The molecule has 318 valence electrons. The number of rotatable bonds is 37. The van der Waals surface area contributed by atoms with Crippen LogP contribution in [0.25, 0.3) is 0 Å². The molecular formula is C51H78O6. The molecule has 0 heterocycles. The molecule has 0 amide bonds. The minimum absolute atomic E-state index is 0.141.